The summed E-state index contributed by atoms with van der Waals surface area (Å²) in [6.07, 6.45) is 7.16. The molecule has 4 rings (SSSR count). The fourth-order valence-electron chi connectivity index (χ4n) is 5.13. The zero-order valence-electron chi connectivity index (χ0n) is 20.0. The van der Waals surface area contributed by atoms with Crippen LogP contribution in [-0.2, 0) is 16.0 Å². The van der Waals surface area contributed by atoms with Gasteiger partial charge in [-0.2, -0.15) is 0 Å². The summed E-state index contributed by atoms with van der Waals surface area (Å²) in [5.74, 6) is 1.31. The van der Waals surface area contributed by atoms with Gasteiger partial charge in [0.05, 0.1) is 14.2 Å². The molecule has 2 aliphatic rings. The maximum absolute atomic E-state index is 13.8. The molecule has 2 fully saturated rings. The fourth-order valence-corrected chi connectivity index (χ4v) is 5.26. The van der Waals surface area contributed by atoms with Crippen LogP contribution >= 0.6 is 11.6 Å². The Morgan fingerprint density at radius 3 is 2.24 bits per heavy atom. The number of piperazine rings is 1. The smallest absolute Gasteiger partial charge is 0.250 e. The molecule has 0 spiro atoms. The van der Waals surface area contributed by atoms with Gasteiger partial charge in [-0.25, -0.2) is 0 Å². The van der Waals surface area contributed by atoms with Crippen LogP contribution in [0.5, 0.6) is 11.5 Å². The molecule has 1 atom stereocenters. The van der Waals surface area contributed by atoms with Gasteiger partial charge in [0.15, 0.2) is 11.5 Å². The molecule has 2 amide bonds. The van der Waals surface area contributed by atoms with E-state index in [1.165, 1.54) is 12.8 Å². The lowest BCUT2D eigenvalue weighted by molar-refractivity contribution is -0.158. The van der Waals surface area contributed by atoms with Crippen molar-refractivity contribution in [3.8, 4) is 11.5 Å². The largest absolute Gasteiger partial charge is 0.493 e. The molecular weight excluding hydrogens is 452 g/mol. The summed E-state index contributed by atoms with van der Waals surface area (Å²) in [6, 6.07) is 12.5. The third-order valence-corrected chi connectivity index (χ3v) is 7.25. The standard InChI is InChI=1S/C27H33ClN2O4/c1-33-23-14-9-19(17-24(23)34-2)15-16-29-25(31)18-30(22-7-5-3-4-6-8-22)27(32)26(29)20-10-12-21(28)13-11-20/h9-14,17,22,26H,3-8,15-16,18H2,1-2H3/t26-/m1/s1. The minimum absolute atomic E-state index is 0.00993. The van der Waals surface area contributed by atoms with Crippen LogP contribution in [0.1, 0.15) is 55.7 Å². The highest BCUT2D eigenvalue weighted by molar-refractivity contribution is 6.30. The Labute approximate surface area is 206 Å². The fraction of sp³-hybridized carbons (Fsp3) is 0.481. The van der Waals surface area contributed by atoms with Gasteiger partial charge in [-0.15, -0.1) is 0 Å². The van der Waals surface area contributed by atoms with Crippen LogP contribution in [0.15, 0.2) is 42.5 Å². The Morgan fingerprint density at radius 1 is 0.912 bits per heavy atom. The van der Waals surface area contributed by atoms with Crippen molar-refractivity contribution in [2.24, 2.45) is 0 Å². The lowest BCUT2D eigenvalue weighted by atomic mass is 9.97. The lowest BCUT2D eigenvalue weighted by Crippen LogP contribution is -2.58. The summed E-state index contributed by atoms with van der Waals surface area (Å²) >= 11 is 6.12. The first kappa shape index (κ1) is 24.4. The van der Waals surface area contributed by atoms with E-state index in [-0.39, 0.29) is 24.4 Å². The number of ether oxygens (including phenoxy) is 2. The second kappa shape index (κ2) is 11.1. The summed E-state index contributed by atoms with van der Waals surface area (Å²) in [6.45, 7) is 0.589. The number of rotatable bonds is 7. The van der Waals surface area contributed by atoms with Gasteiger partial charge in [-0.3, -0.25) is 9.59 Å². The molecule has 1 saturated heterocycles. The number of methoxy groups -OCH3 is 2. The second-order valence-corrected chi connectivity index (χ2v) is 9.53. The molecule has 7 heteroatoms. The molecule has 2 aromatic rings. The quantitative estimate of drug-likeness (QED) is 0.517. The van der Waals surface area contributed by atoms with Crippen molar-refractivity contribution in [1.82, 2.24) is 9.80 Å². The van der Waals surface area contributed by atoms with E-state index in [9.17, 15) is 9.59 Å². The number of nitrogens with zero attached hydrogens (tertiary/aromatic N) is 2. The summed E-state index contributed by atoms with van der Waals surface area (Å²) in [5, 5.41) is 0.607. The van der Waals surface area contributed by atoms with Crippen molar-refractivity contribution in [1.29, 1.82) is 0 Å². The predicted molar refractivity (Wildman–Crippen MR) is 132 cm³/mol. The van der Waals surface area contributed by atoms with E-state index in [0.717, 1.165) is 36.8 Å². The van der Waals surface area contributed by atoms with Gasteiger partial charge in [0.25, 0.3) is 5.91 Å². The number of halogens is 1. The number of hydrogen-bond acceptors (Lipinski definition) is 4. The molecule has 1 aliphatic carbocycles. The molecule has 0 N–H and O–H groups in total. The van der Waals surface area contributed by atoms with Gasteiger partial charge in [-0.05, 0) is 54.7 Å². The minimum Gasteiger partial charge on any atom is -0.493 e. The number of hydrogen-bond donors (Lipinski definition) is 0. The van der Waals surface area contributed by atoms with Crippen molar-refractivity contribution in [3.05, 3.63) is 58.6 Å². The van der Waals surface area contributed by atoms with Crippen LogP contribution in [-0.4, -0.2) is 55.0 Å². The Balaban J connectivity index is 1.59. The predicted octanol–water partition coefficient (Wildman–Crippen LogP) is 5.03. The molecule has 1 saturated carbocycles. The normalized spacial score (nSPS) is 19.8. The van der Waals surface area contributed by atoms with E-state index in [4.69, 9.17) is 21.1 Å². The first-order chi connectivity index (χ1) is 16.5. The van der Waals surface area contributed by atoms with Crippen LogP contribution in [0, 0.1) is 0 Å². The SMILES string of the molecule is COc1ccc(CCN2C(=O)CN(C3CCCCCC3)C(=O)[C@H]2c2ccc(Cl)cc2)cc1OC. The van der Waals surface area contributed by atoms with E-state index in [1.54, 1.807) is 31.3 Å². The zero-order chi connectivity index (χ0) is 24.1. The summed E-state index contributed by atoms with van der Waals surface area (Å²) in [4.78, 5) is 30.9. The second-order valence-electron chi connectivity index (χ2n) is 9.09. The minimum atomic E-state index is -0.637. The van der Waals surface area contributed by atoms with Crippen LogP contribution in [0.2, 0.25) is 5.02 Å². The van der Waals surface area contributed by atoms with Gasteiger partial charge in [0.1, 0.15) is 12.6 Å². The van der Waals surface area contributed by atoms with E-state index in [0.29, 0.717) is 29.5 Å². The number of carbonyl (C=O) groups excluding carboxylic acids is 2. The number of amides is 2. The van der Waals surface area contributed by atoms with Crippen LogP contribution in [0.4, 0.5) is 0 Å². The average molecular weight is 485 g/mol. The van der Waals surface area contributed by atoms with Crippen LogP contribution < -0.4 is 9.47 Å². The topological polar surface area (TPSA) is 59.1 Å². The van der Waals surface area contributed by atoms with E-state index >= 15 is 0 Å². The Morgan fingerprint density at radius 2 is 1.59 bits per heavy atom. The molecule has 1 heterocycles. The number of benzene rings is 2. The average Bonchev–Trinajstić information content (AvgIpc) is 3.14. The zero-order valence-corrected chi connectivity index (χ0v) is 20.7. The molecule has 0 radical (unpaired) electrons. The Bertz CT molecular complexity index is 1000. The molecule has 6 nitrogen and oxygen atoms in total. The molecule has 34 heavy (non-hydrogen) atoms. The van der Waals surface area contributed by atoms with Crippen molar-refractivity contribution in [2.75, 3.05) is 27.3 Å². The highest BCUT2D eigenvalue weighted by Gasteiger charge is 2.42. The monoisotopic (exact) mass is 484 g/mol. The van der Waals surface area contributed by atoms with E-state index < -0.39 is 6.04 Å². The van der Waals surface area contributed by atoms with Crippen molar-refractivity contribution in [2.45, 2.75) is 57.0 Å². The van der Waals surface area contributed by atoms with Gasteiger partial charge < -0.3 is 19.3 Å². The van der Waals surface area contributed by atoms with Crippen LogP contribution in [0.3, 0.4) is 0 Å². The Kier molecular flexibility index (Phi) is 7.99. The first-order valence-electron chi connectivity index (χ1n) is 12.1. The molecule has 1 aliphatic heterocycles. The van der Waals surface area contributed by atoms with Crippen molar-refractivity contribution in [3.63, 3.8) is 0 Å². The number of carbonyl (C=O) groups is 2. The van der Waals surface area contributed by atoms with Crippen molar-refractivity contribution >= 4 is 23.4 Å². The molecule has 0 aromatic heterocycles. The van der Waals surface area contributed by atoms with Gasteiger partial charge >= 0.3 is 0 Å². The maximum Gasteiger partial charge on any atom is 0.250 e. The molecule has 0 unspecified atom stereocenters. The van der Waals surface area contributed by atoms with Crippen molar-refractivity contribution < 1.29 is 19.1 Å². The maximum atomic E-state index is 13.8. The molecule has 182 valence electrons. The highest BCUT2D eigenvalue weighted by Crippen LogP contribution is 2.33. The van der Waals surface area contributed by atoms with Crippen LogP contribution in [0.25, 0.3) is 0 Å². The van der Waals surface area contributed by atoms with E-state index in [2.05, 4.69) is 0 Å². The highest BCUT2D eigenvalue weighted by atomic mass is 35.5. The summed E-state index contributed by atoms with van der Waals surface area (Å²) in [7, 11) is 3.21. The first-order valence-corrected chi connectivity index (χ1v) is 12.5. The van der Waals surface area contributed by atoms with Gasteiger partial charge in [-0.1, -0.05) is 55.5 Å². The third kappa shape index (κ3) is 5.33. The molecule has 0 bridgehead atoms. The summed E-state index contributed by atoms with van der Waals surface area (Å²) in [5.41, 5.74) is 1.81. The van der Waals surface area contributed by atoms with Gasteiger partial charge in [0, 0.05) is 17.6 Å². The third-order valence-electron chi connectivity index (χ3n) is 7.00. The Hall–Kier alpha value is -2.73. The van der Waals surface area contributed by atoms with Gasteiger partial charge in [0.2, 0.25) is 5.91 Å². The lowest BCUT2D eigenvalue weighted by Gasteiger charge is -2.43. The van der Waals surface area contributed by atoms with E-state index in [1.807, 2.05) is 35.2 Å². The summed E-state index contributed by atoms with van der Waals surface area (Å²) < 4.78 is 10.8. The molecular formula is C27H33ClN2O4. The molecule has 2 aromatic carbocycles.